The largest absolute Gasteiger partial charge is 0.478 e. The zero-order valence-electron chi connectivity index (χ0n) is 12.8. The number of hydrogen-bond acceptors (Lipinski definition) is 4. The van der Waals surface area contributed by atoms with Crippen molar-refractivity contribution >= 4 is 16.7 Å². The molecule has 2 aromatic rings. The second-order valence-corrected chi connectivity index (χ2v) is 5.97. The lowest BCUT2D eigenvalue weighted by Crippen LogP contribution is -2.49. The Morgan fingerprint density at radius 2 is 1.83 bits per heavy atom. The third kappa shape index (κ3) is 2.25. The van der Waals surface area contributed by atoms with Crippen LogP contribution in [0, 0.1) is 5.92 Å². The van der Waals surface area contributed by atoms with E-state index >= 15 is 0 Å². The SMILES string of the molecule is O=C(O)C=CC[C@H]1[C@@H](O)C=CC12Oc1cccc3cccc(c13)O2. The molecule has 4 rings (SSSR count). The summed E-state index contributed by atoms with van der Waals surface area (Å²) in [7, 11) is 0. The highest BCUT2D eigenvalue weighted by Crippen LogP contribution is 2.47. The fourth-order valence-electron chi connectivity index (χ4n) is 3.37. The highest BCUT2D eigenvalue weighted by atomic mass is 16.7. The first-order valence-corrected chi connectivity index (χ1v) is 7.76. The van der Waals surface area contributed by atoms with Crippen molar-refractivity contribution in [3.8, 4) is 11.5 Å². The number of carboxylic acid groups (broad SMARTS) is 1. The highest BCUT2D eigenvalue weighted by molar-refractivity contribution is 5.94. The van der Waals surface area contributed by atoms with Gasteiger partial charge in [0.05, 0.1) is 17.4 Å². The Kier molecular flexibility index (Phi) is 3.32. The number of carbonyl (C=O) groups is 1. The summed E-state index contributed by atoms with van der Waals surface area (Å²) in [4.78, 5) is 10.7. The third-order valence-corrected chi connectivity index (χ3v) is 4.47. The van der Waals surface area contributed by atoms with Crippen LogP contribution in [-0.2, 0) is 4.79 Å². The molecule has 1 aliphatic heterocycles. The minimum absolute atomic E-state index is 0.318. The second kappa shape index (κ2) is 5.39. The van der Waals surface area contributed by atoms with E-state index in [1.165, 1.54) is 6.08 Å². The van der Waals surface area contributed by atoms with Crippen LogP contribution in [0.15, 0.2) is 60.7 Å². The molecule has 0 radical (unpaired) electrons. The van der Waals surface area contributed by atoms with Gasteiger partial charge in [-0.2, -0.15) is 0 Å². The molecule has 2 atom stereocenters. The number of rotatable bonds is 3. The van der Waals surface area contributed by atoms with Crippen LogP contribution in [0.3, 0.4) is 0 Å². The van der Waals surface area contributed by atoms with Gasteiger partial charge in [-0.05, 0) is 30.0 Å². The Bertz CT molecular complexity index is 826. The van der Waals surface area contributed by atoms with Crippen molar-refractivity contribution in [2.24, 2.45) is 5.92 Å². The minimum Gasteiger partial charge on any atom is -0.478 e. The van der Waals surface area contributed by atoms with Crippen LogP contribution in [0.2, 0.25) is 0 Å². The molecular formula is C19H16O5. The molecule has 1 spiro atoms. The van der Waals surface area contributed by atoms with Crippen LogP contribution < -0.4 is 9.47 Å². The summed E-state index contributed by atoms with van der Waals surface area (Å²) in [6.07, 6.45) is 5.47. The number of aliphatic carboxylic acids is 1. The van der Waals surface area contributed by atoms with Crippen molar-refractivity contribution in [1.29, 1.82) is 0 Å². The first kappa shape index (κ1) is 14.8. The maximum absolute atomic E-state index is 10.7. The van der Waals surface area contributed by atoms with Gasteiger partial charge in [0.2, 0.25) is 0 Å². The lowest BCUT2D eigenvalue weighted by atomic mass is 9.93. The lowest BCUT2D eigenvalue weighted by Gasteiger charge is -2.39. The maximum atomic E-state index is 10.7. The van der Waals surface area contributed by atoms with E-state index in [2.05, 4.69) is 0 Å². The number of ether oxygens (including phenoxy) is 2. The van der Waals surface area contributed by atoms with Gasteiger partial charge in [0, 0.05) is 6.08 Å². The first-order valence-electron chi connectivity index (χ1n) is 7.76. The van der Waals surface area contributed by atoms with Crippen molar-refractivity contribution in [2.75, 3.05) is 0 Å². The Hall–Kier alpha value is -2.79. The molecule has 5 nitrogen and oxygen atoms in total. The molecule has 24 heavy (non-hydrogen) atoms. The molecule has 2 aliphatic rings. The van der Waals surface area contributed by atoms with Crippen molar-refractivity contribution in [3.63, 3.8) is 0 Å². The van der Waals surface area contributed by atoms with Gasteiger partial charge in [-0.1, -0.05) is 36.4 Å². The third-order valence-electron chi connectivity index (χ3n) is 4.47. The van der Waals surface area contributed by atoms with Crippen LogP contribution >= 0.6 is 0 Å². The van der Waals surface area contributed by atoms with Gasteiger partial charge >= 0.3 is 5.97 Å². The number of aliphatic hydroxyl groups is 1. The van der Waals surface area contributed by atoms with Crippen molar-refractivity contribution in [2.45, 2.75) is 18.3 Å². The van der Waals surface area contributed by atoms with E-state index in [1.54, 1.807) is 12.2 Å². The maximum Gasteiger partial charge on any atom is 0.327 e. The Morgan fingerprint density at radius 1 is 1.17 bits per heavy atom. The van der Waals surface area contributed by atoms with E-state index in [4.69, 9.17) is 14.6 Å². The molecule has 1 aliphatic carbocycles. The fourth-order valence-corrected chi connectivity index (χ4v) is 3.37. The summed E-state index contributed by atoms with van der Waals surface area (Å²) in [5, 5.41) is 21.0. The fraction of sp³-hybridized carbons (Fsp3) is 0.211. The smallest absolute Gasteiger partial charge is 0.327 e. The number of benzene rings is 2. The van der Waals surface area contributed by atoms with E-state index in [9.17, 15) is 9.90 Å². The number of allylic oxidation sites excluding steroid dienone is 1. The van der Waals surface area contributed by atoms with Crippen molar-refractivity contribution < 1.29 is 24.5 Å². The van der Waals surface area contributed by atoms with Crippen LogP contribution in [0.25, 0.3) is 10.8 Å². The molecule has 0 fully saturated rings. The van der Waals surface area contributed by atoms with Gasteiger partial charge in [-0.3, -0.25) is 0 Å². The normalized spacial score (nSPS) is 23.5. The average Bonchev–Trinajstić information content (AvgIpc) is 2.84. The van der Waals surface area contributed by atoms with Gasteiger partial charge in [0.1, 0.15) is 11.5 Å². The quantitative estimate of drug-likeness (QED) is 0.671. The standard InChI is InChI=1S/C19H16O5/c20-14-10-11-19(13(14)6-3-9-17(21)22)23-15-7-1-4-12-5-2-8-16(24-19)18(12)15/h1-5,7-11,13-14,20H,6H2,(H,21,22)/t13-,14-/m0/s1. The van der Waals surface area contributed by atoms with Crippen molar-refractivity contribution in [3.05, 3.63) is 60.7 Å². The summed E-state index contributed by atoms with van der Waals surface area (Å²) in [5.41, 5.74) is 0. The molecule has 122 valence electrons. The van der Waals surface area contributed by atoms with Gasteiger partial charge in [0.25, 0.3) is 5.79 Å². The van der Waals surface area contributed by atoms with E-state index in [-0.39, 0.29) is 0 Å². The summed E-state index contributed by atoms with van der Waals surface area (Å²) in [6, 6.07) is 11.5. The molecule has 1 heterocycles. The predicted octanol–water partition coefficient (Wildman–Crippen LogP) is 2.89. The van der Waals surface area contributed by atoms with E-state index < -0.39 is 23.8 Å². The molecule has 0 amide bonds. The molecule has 5 heteroatoms. The van der Waals surface area contributed by atoms with Gasteiger partial charge in [-0.25, -0.2) is 4.79 Å². The molecule has 2 aromatic carbocycles. The first-order chi connectivity index (χ1) is 11.6. The van der Waals surface area contributed by atoms with Crippen LogP contribution in [0.5, 0.6) is 11.5 Å². The van der Waals surface area contributed by atoms with Gasteiger partial charge in [-0.15, -0.1) is 0 Å². The van der Waals surface area contributed by atoms with E-state index in [1.807, 2.05) is 36.4 Å². The van der Waals surface area contributed by atoms with Crippen LogP contribution in [0.4, 0.5) is 0 Å². The highest BCUT2D eigenvalue weighted by Gasteiger charge is 2.50. The van der Waals surface area contributed by atoms with Gasteiger partial charge < -0.3 is 19.7 Å². The number of hydrogen-bond donors (Lipinski definition) is 2. The summed E-state index contributed by atoms with van der Waals surface area (Å²) < 4.78 is 12.3. The second-order valence-electron chi connectivity index (χ2n) is 5.97. The van der Waals surface area contributed by atoms with E-state index in [0.29, 0.717) is 17.9 Å². The summed E-state index contributed by atoms with van der Waals surface area (Å²) in [5.74, 6) is -1.20. The summed E-state index contributed by atoms with van der Waals surface area (Å²) >= 11 is 0. The van der Waals surface area contributed by atoms with Crippen molar-refractivity contribution in [1.82, 2.24) is 0 Å². The molecule has 0 saturated heterocycles. The number of carboxylic acids is 1. The van der Waals surface area contributed by atoms with Gasteiger partial charge in [0.15, 0.2) is 0 Å². The summed E-state index contributed by atoms with van der Waals surface area (Å²) in [6.45, 7) is 0. The average molecular weight is 324 g/mol. The van der Waals surface area contributed by atoms with Crippen LogP contribution in [0.1, 0.15) is 6.42 Å². The molecule has 0 saturated carbocycles. The zero-order valence-corrected chi connectivity index (χ0v) is 12.8. The topological polar surface area (TPSA) is 76.0 Å². The molecule has 0 bridgehead atoms. The minimum atomic E-state index is -1.13. The Morgan fingerprint density at radius 3 is 2.46 bits per heavy atom. The molecule has 0 unspecified atom stereocenters. The predicted molar refractivity (Wildman–Crippen MR) is 88.0 cm³/mol. The Labute approximate surface area is 138 Å². The molecule has 2 N–H and O–H groups in total. The van der Waals surface area contributed by atoms with Crippen LogP contribution in [-0.4, -0.2) is 28.1 Å². The lowest BCUT2D eigenvalue weighted by molar-refractivity contribution is -0.133. The molecule has 0 aromatic heterocycles. The molecular weight excluding hydrogens is 308 g/mol. The van der Waals surface area contributed by atoms with E-state index in [0.717, 1.165) is 16.8 Å². The monoisotopic (exact) mass is 324 g/mol. The Balaban J connectivity index is 1.73. The number of aliphatic hydroxyl groups excluding tert-OH is 1. The zero-order chi connectivity index (χ0) is 16.7.